The van der Waals surface area contributed by atoms with Gasteiger partial charge >= 0.3 is 0 Å². The van der Waals surface area contributed by atoms with Crippen LogP contribution < -0.4 is 0 Å². The zero-order valence-electron chi connectivity index (χ0n) is 9.67. The van der Waals surface area contributed by atoms with E-state index >= 15 is 0 Å². The molecule has 0 heterocycles. The number of rotatable bonds is 9. The highest BCUT2D eigenvalue weighted by Gasteiger charge is 1.81. The molecule has 0 aromatic rings. The van der Waals surface area contributed by atoms with Crippen molar-refractivity contribution in [1.29, 1.82) is 0 Å². The molecule has 0 aliphatic carbocycles. The van der Waals surface area contributed by atoms with E-state index in [0.717, 1.165) is 12.8 Å². The van der Waals surface area contributed by atoms with Crippen molar-refractivity contribution < 1.29 is 0 Å². The first-order chi connectivity index (χ1) is 6.91. The van der Waals surface area contributed by atoms with E-state index in [1.54, 1.807) is 0 Å². The van der Waals surface area contributed by atoms with Crippen LogP contribution in [0.25, 0.3) is 0 Å². The smallest absolute Gasteiger partial charge is 0.0316 e. The summed E-state index contributed by atoms with van der Waals surface area (Å²) in [5, 5.41) is 0. The molecule has 0 saturated heterocycles. The number of allylic oxidation sites excluding steroid dienone is 4. The minimum absolute atomic E-state index is 1.02. The molecule has 0 amide bonds. The van der Waals surface area contributed by atoms with Crippen LogP contribution in [0, 0.1) is 6.92 Å². The topological polar surface area (TPSA) is 0 Å². The molecule has 0 saturated carbocycles. The van der Waals surface area contributed by atoms with E-state index in [2.05, 4.69) is 38.2 Å². The van der Waals surface area contributed by atoms with E-state index in [-0.39, 0.29) is 0 Å². The van der Waals surface area contributed by atoms with E-state index in [9.17, 15) is 0 Å². The average molecular weight is 193 g/mol. The molecule has 0 atom stereocenters. The molecule has 0 nitrogen and oxygen atoms in total. The monoisotopic (exact) mass is 193 g/mol. The molecular formula is C14H25. The second-order valence-electron chi connectivity index (χ2n) is 3.66. The maximum atomic E-state index is 3.80. The zero-order chi connectivity index (χ0) is 10.5. The Balaban J connectivity index is 3.10. The summed E-state index contributed by atoms with van der Waals surface area (Å²) >= 11 is 0. The van der Waals surface area contributed by atoms with Gasteiger partial charge in [-0.15, -0.1) is 0 Å². The Morgan fingerprint density at radius 1 is 0.786 bits per heavy atom. The quantitative estimate of drug-likeness (QED) is 0.354. The van der Waals surface area contributed by atoms with Crippen molar-refractivity contribution in [2.24, 2.45) is 0 Å². The Hall–Kier alpha value is -0.520. The van der Waals surface area contributed by atoms with Crippen LogP contribution in [0.5, 0.6) is 0 Å². The van der Waals surface area contributed by atoms with Gasteiger partial charge in [-0.2, -0.15) is 0 Å². The van der Waals surface area contributed by atoms with Crippen molar-refractivity contribution >= 4 is 0 Å². The van der Waals surface area contributed by atoms with E-state index in [4.69, 9.17) is 0 Å². The van der Waals surface area contributed by atoms with Crippen LogP contribution in [0.1, 0.15) is 58.3 Å². The molecule has 0 aliphatic rings. The van der Waals surface area contributed by atoms with Crippen LogP contribution in [-0.2, 0) is 0 Å². The third-order valence-corrected chi connectivity index (χ3v) is 2.18. The molecule has 14 heavy (non-hydrogen) atoms. The first-order valence-electron chi connectivity index (χ1n) is 6.01. The zero-order valence-corrected chi connectivity index (χ0v) is 9.67. The van der Waals surface area contributed by atoms with Gasteiger partial charge in [0.2, 0.25) is 0 Å². The lowest BCUT2D eigenvalue weighted by molar-refractivity contribution is 0.728. The Morgan fingerprint density at radius 3 is 1.93 bits per heavy atom. The second kappa shape index (κ2) is 12.5. The van der Waals surface area contributed by atoms with Gasteiger partial charge in [-0.3, -0.25) is 0 Å². The standard InChI is InChI=1S/C14H25/c1-3-5-7-9-11-13-14-12-10-8-6-4-2/h7,9,12,14H,1,3-6,8,10-11,13H2,2H3. The van der Waals surface area contributed by atoms with Crippen molar-refractivity contribution in [2.45, 2.75) is 58.3 Å². The molecule has 1 radical (unpaired) electrons. The van der Waals surface area contributed by atoms with Crippen LogP contribution in [0.3, 0.4) is 0 Å². The van der Waals surface area contributed by atoms with Crippen molar-refractivity contribution in [1.82, 2.24) is 0 Å². The molecule has 0 bridgehead atoms. The van der Waals surface area contributed by atoms with Crippen molar-refractivity contribution in [3.63, 3.8) is 0 Å². The Morgan fingerprint density at radius 2 is 1.36 bits per heavy atom. The predicted molar refractivity (Wildman–Crippen MR) is 66.2 cm³/mol. The van der Waals surface area contributed by atoms with Crippen LogP contribution >= 0.6 is 0 Å². The van der Waals surface area contributed by atoms with E-state index in [1.807, 2.05) is 0 Å². The third kappa shape index (κ3) is 11.5. The highest BCUT2D eigenvalue weighted by atomic mass is 13.9. The van der Waals surface area contributed by atoms with Crippen molar-refractivity contribution in [3.05, 3.63) is 31.2 Å². The minimum Gasteiger partial charge on any atom is -0.0885 e. The fraction of sp³-hybridized carbons (Fsp3) is 0.643. The van der Waals surface area contributed by atoms with Crippen LogP contribution in [0.4, 0.5) is 0 Å². The molecule has 0 aliphatic heterocycles. The third-order valence-electron chi connectivity index (χ3n) is 2.18. The fourth-order valence-electron chi connectivity index (χ4n) is 1.29. The van der Waals surface area contributed by atoms with Gasteiger partial charge in [0.1, 0.15) is 0 Å². The largest absolute Gasteiger partial charge is 0.0885 e. The molecule has 0 fully saturated rings. The van der Waals surface area contributed by atoms with Crippen LogP contribution in [-0.4, -0.2) is 0 Å². The van der Waals surface area contributed by atoms with Gasteiger partial charge in [0.15, 0.2) is 0 Å². The Bertz CT molecular complexity index is 142. The lowest BCUT2D eigenvalue weighted by Crippen LogP contribution is -1.71. The Labute approximate surface area is 90.1 Å². The summed E-state index contributed by atoms with van der Waals surface area (Å²) in [5.74, 6) is 0. The van der Waals surface area contributed by atoms with Crippen molar-refractivity contribution in [3.8, 4) is 0 Å². The maximum Gasteiger partial charge on any atom is -0.0316 e. The molecule has 0 N–H and O–H groups in total. The molecular weight excluding hydrogens is 168 g/mol. The maximum absolute atomic E-state index is 3.80. The van der Waals surface area contributed by atoms with Crippen molar-refractivity contribution in [2.75, 3.05) is 0 Å². The predicted octanol–water partition coefficient (Wildman–Crippen LogP) is 5.07. The van der Waals surface area contributed by atoms with Crippen LogP contribution in [0.15, 0.2) is 24.3 Å². The van der Waals surface area contributed by atoms with Gasteiger partial charge in [-0.25, -0.2) is 0 Å². The lowest BCUT2D eigenvalue weighted by atomic mass is 10.2. The number of hydrogen-bond acceptors (Lipinski definition) is 0. The van der Waals surface area contributed by atoms with E-state index in [1.165, 1.54) is 38.5 Å². The first-order valence-corrected chi connectivity index (χ1v) is 6.01. The summed E-state index contributed by atoms with van der Waals surface area (Å²) < 4.78 is 0. The highest BCUT2D eigenvalue weighted by molar-refractivity contribution is 4.88. The molecule has 0 aromatic heterocycles. The summed E-state index contributed by atoms with van der Waals surface area (Å²) in [6, 6.07) is 0. The summed E-state index contributed by atoms with van der Waals surface area (Å²) in [7, 11) is 0. The van der Waals surface area contributed by atoms with Gasteiger partial charge in [0, 0.05) is 0 Å². The first kappa shape index (κ1) is 13.5. The van der Waals surface area contributed by atoms with Gasteiger partial charge < -0.3 is 0 Å². The molecule has 0 spiro atoms. The van der Waals surface area contributed by atoms with Crippen LogP contribution in [0.2, 0.25) is 0 Å². The molecule has 0 aromatic carbocycles. The number of unbranched alkanes of at least 4 members (excludes halogenated alkanes) is 5. The summed E-state index contributed by atoms with van der Waals surface area (Å²) in [6.45, 7) is 6.04. The minimum atomic E-state index is 1.02. The number of hydrogen-bond donors (Lipinski definition) is 0. The summed E-state index contributed by atoms with van der Waals surface area (Å²) in [4.78, 5) is 0. The molecule has 0 heteroatoms. The van der Waals surface area contributed by atoms with E-state index in [0.29, 0.717) is 0 Å². The SMILES string of the molecule is [CH2]CCC=CCCC=CCCCCC. The second-order valence-corrected chi connectivity index (χ2v) is 3.66. The summed E-state index contributed by atoms with van der Waals surface area (Å²) in [5.41, 5.74) is 0. The Kier molecular flexibility index (Phi) is 12.0. The molecule has 0 rings (SSSR count). The fourth-order valence-corrected chi connectivity index (χ4v) is 1.29. The molecule has 0 unspecified atom stereocenters. The lowest BCUT2D eigenvalue weighted by Gasteiger charge is -1.91. The van der Waals surface area contributed by atoms with Gasteiger partial charge in [-0.1, -0.05) is 51.0 Å². The van der Waals surface area contributed by atoms with Gasteiger partial charge in [-0.05, 0) is 38.5 Å². The summed E-state index contributed by atoms with van der Waals surface area (Å²) in [6.07, 6.45) is 19.0. The van der Waals surface area contributed by atoms with Gasteiger partial charge in [0.05, 0.1) is 0 Å². The van der Waals surface area contributed by atoms with E-state index < -0.39 is 0 Å². The normalized spacial score (nSPS) is 11.9. The highest BCUT2D eigenvalue weighted by Crippen LogP contribution is 2.01. The average Bonchev–Trinajstić information content (AvgIpc) is 2.21. The van der Waals surface area contributed by atoms with Gasteiger partial charge in [0.25, 0.3) is 0 Å². The molecule has 81 valence electrons.